The lowest BCUT2D eigenvalue weighted by Gasteiger charge is -2.39. The summed E-state index contributed by atoms with van der Waals surface area (Å²) in [4.78, 5) is 0. The van der Waals surface area contributed by atoms with Gasteiger partial charge in [0.15, 0.2) is 0 Å². The zero-order valence-electron chi connectivity index (χ0n) is 9.84. The fraction of sp³-hybridized carbons (Fsp3) is 0.462. The highest BCUT2D eigenvalue weighted by atomic mass is 19.4. The Balaban J connectivity index is 2.41. The standard InChI is InChI=1S/C13H11F4NO/c14-10-5-8(4-9(6-10)13(15,16)17)11(19)12(7-18)2-1-3-12/h4-6,11,19H,1-3H2. The molecule has 2 nitrogen and oxygen atoms in total. The van der Waals surface area contributed by atoms with Crippen LogP contribution in [0.4, 0.5) is 17.6 Å². The number of aliphatic hydroxyl groups is 1. The van der Waals surface area contributed by atoms with E-state index in [4.69, 9.17) is 5.26 Å². The van der Waals surface area contributed by atoms with E-state index in [9.17, 15) is 22.7 Å². The molecule has 0 heterocycles. The van der Waals surface area contributed by atoms with Gasteiger partial charge in [-0.1, -0.05) is 6.42 Å². The first-order chi connectivity index (χ1) is 8.78. The van der Waals surface area contributed by atoms with Crippen LogP contribution in [-0.2, 0) is 6.18 Å². The summed E-state index contributed by atoms with van der Waals surface area (Å²) in [6, 6.07) is 3.85. The van der Waals surface area contributed by atoms with Gasteiger partial charge in [0.2, 0.25) is 0 Å². The molecule has 1 aliphatic carbocycles. The lowest BCUT2D eigenvalue weighted by molar-refractivity contribution is -0.138. The molecule has 0 saturated heterocycles. The lowest BCUT2D eigenvalue weighted by Crippen LogP contribution is -2.34. The Bertz CT molecular complexity index is 528. The van der Waals surface area contributed by atoms with E-state index < -0.39 is 29.1 Å². The van der Waals surface area contributed by atoms with Crippen molar-refractivity contribution < 1.29 is 22.7 Å². The maximum Gasteiger partial charge on any atom is 0.416 e. The number of benzene rings is 1. The molecule has 19 heavy (non-hydrogen) atoms. The van der Waals surface area contributed by atoms with Crippen LogP contribution in [0.3, 0.4) is 0 Å². The average Bonchev–Trinajstić information content (AvgIpc) is 2.26. The molecule has 1 saturated carbocycles. The van der Waals surface area contributed by atoms with Crippen molar-refractivity contribution in [1.29, 1.82) is 5.26 Å². The highest BCUT2D eigenvalue weighted by molar-refractivity contribution is 5.31. The number of nitrogens with zero attached hydrogens (tertiary/aromatic N) is 1. The second kappa shape index (κ2) is 4.49. The first-order valence-electron chi connectivity index (χ1n) is 5.75. The molecule has 1 aliphatic rings. The zero-order chi connectivity index (χ0) is 14.3. The summed E-state index contributed by atoms with van der Waals surface area (Å²) in [5.74, 6) is -1.07. The SMILES string of the molecule is N#CC1(C(O)c2cc(F)cc(C(F)(F)F)c2)CCC1. The van der Waals surface area contributed by atoms with Gasteiger partial charge in [0, 0.05) is 0 Å². The summed E-state index contributed by atoms with van der Waals surface area (Å²) >= 11 is 0. The molecule has 0 amide bonds. The Morgan fingerprint density at radius 1 is 1.26 bits per heavy atom. The van der Waals surface area contributed by atoms with Gasteiger partial charge >= 0.3 is 6.18 Å². The molecule has 102 valence electrons. The van der Waals surface area contributed by atoms with Crippen molar-refractivity contribution in [2.75, 3.05) is 0 Å². The second-order valence-electron chi connectivity index (χ2n) is 4.80. The molecular formula is C13H11F4NO. The quantitative estimate of drug-likeness (QED) is 0.837. The smallest absolute Gasteiger partial charge is 0.387 e. The Hall–Kier alpha value is -1.61. The van der Waals surface area contributed by atoms with Gasteiger partial charge in [-0.25, -0.2) is 4.39 Å². The second-order valence-corrected chi connectivity index (χ2v) is 4.80. The Labute approximate surface area is 107 Å². The van der Waals surface area contributed by atoms with E-state index in [2.05, 4.69) is 0 Å². The van der Waals surface area contributed by atoms with Crippen LogP contribution in [0.2, 0.25) is 0 Å². The van der Waals surface area contributed by atoms with Gasteiger partial charge in [0.1, 0.15) is 5.82 Å². The number of hydrogen-bond donors (Lipinski definition) is 1. The molecule has 1 N–H and O–H groups in total. The molecule has 0 aromatic heterocycles. The van der Waals surface area contributed by atoms with E-state index in [1.54, 1.807) is 0 Å². The third-order valence-electron chi connectivity index (χ3n) is 3.56. The fourth-order valence-corrected chi connectivity index (χ4v) is 2.26. The van der Waals surface area contributed by atoms with Crippen molar-refractivity contribution in [3.8, 4) is 6.07 Å². The van der Waals surface area contributed by atoms with Crippen molar-refractivity contribution in [3.05, 3.63) is 35.1 Å². The van der Waals surface area contributed by atoms with E-state index in [0.717, 1.165) is 12.5 Å². The number of aliphatic hydroxyl groups excluding tert-OH is 1. The molecule has 1 unspecified atom stereocenters. The first-order valence-corrected chi connectivity index (χ1v) is 5.75. The monoisotopic (exact) mass is 273 g/mol. The summed E-state index contributed by atoms with van der Waals surface area (Å²) in [5.41, 5.74) is -2.45. The van der Waals surface area contributed by atoms with Gasteiger partial charge in [0.25, 0.3) is 0 Å². The van der Waals surface area contributed by atoms with E-state index in [-0.39, 0.29) is 5.56 Å². The summed E-state index contributed by atoms with van der Waals surface area (Å²) in [6.07, 6.45) is -4.55. The van der Waals surface area contributed by atoms with E-state index in [1.807, 2.05) is 6.07 Å². The predicted octanol–water partition coefficient (Wildman–Crippen LogP) is 3.57. The Morgan fingerprint density at radius 3 is 2.32 bits per heavy atom. The van der Waals surface area contributed by atoms with E-state index in [1.165, 1.54) is 0 Å². The summed E-state index contributed by atoms with van der Waals surface area (Å²) in [7, 11) is 0. The van der Waals surface area contributed by atoms with Gasteiger partial charge in [-0.3, -0.25) is 0 Å². The molecule has 1 fully saturated rings. The molecule has 6 heteroatoms. The van der Waals surface area contributed by atoms with Crippen molar-refractivity contribution in [2.45, 2.75) is 31.5 Å². The van der Waals surface area contributed by atoms with Crippen molar-refractivity contribution in [2.24, 2.45) is 5.41 Å². The molecule has 1 aromatic rings. The highest BCUT2D eigenvalue weighted by Crippen LogP contribution is 2.50. The van der Waals surface area contributed by atoms with Gasteiger partial charge in [-0.15, -0.1) is 0 Å². The summed E-state index contributed by atoms with van der Waals surface area (Å²) in [6.45, 7) is 0. The minimum Gasteiger partial charge on any atom is -0.387 e. The largest absolute Gasteiger partial charge is 0.416 e. The zero-order valence-corrected chi connectivity index (χ0v) is 9.84. The minimum atomic E-state index is -4.68. The van der Waals surface area contributed by atoms with Crippen LogP contribution in [0.25, 0.3) is 0 Å². The average molecular weight is 273 g/mol. The molecule has 0 bridgehead atoms. The molecule has 0 aliphatic heterocycles. The van der Waals surface area contributed by atoms with Crippen LogP contribution >= 0.6 is 0 Å². The normalized spacial score (nSPS) is 19.4. The van der Waals surface area contributed by atoms with E-state index >= 15 is 0 Å². The van der Waals surface area contributed by atoms with Crippen molar-refractivity contribution >= 4 is 0 Å². The summed E-state index contributed by atoms with van der Waals surface area (Å²) in [5, 5.41) is 19.1. The fourth-order valence-electron chi connectivity index (χ4n) is 2.26. The third kappa shape index (κ3) is 2.43. The molecule has 1 aromatic carbocycles. The van der Waals surface area contributed by atoms with Crippen molar-refractivity contribution in [3.63, 3.8) is 0 Å². The van der Waals surface area contributed by atoms with Crippen LogP contribution in [0.1, 0.15) is 36.5 Å². The lowest BCUT2D eigenvalue weighted by atomic mass is 9.64. The van der Waals surface area contributed by atoms with Gasteiger partial charge in [0.05, 0.1) is 23.2 Å². The van der Waals surface area contributed by atoms with Crippen LogP contribution in [0, 0.1) is 22.6 Å². The summed E-state index contributed by atoms with van der Waals surface area (Å²) < 4.78 is 51.0. The van der Waals surface area contributed by atoms with Crippen molar-refractivity contribution in [1.82, 2.24) is 0 Å². The molecule has 0 radical (unpaired) electrons. The van der Waals surface area contributed by atoms with Crippen LogP contribution in [0.5, 0.6) is 0 Å². The maximum atomic E-state index is 13.2. The van der Waals surface area contributed by atoms with E-state index in [0.29, 0.717) is 25.0 Å². The maximum absolute atomic E-state index is 13.2. The van der Waals surface area contributed by atoms with Gasteiger partial charge < -0.3 is 5.11 Å². The van der Waals surface area contributed by atoms with Crippen LogP contribution < -0.4 is 0 Å². The molecule has 0 spiro atoms. The first kappa shape index (κ1) is 13.8. The molecule has 2 rings (SSSR count). The predicted molar refractivity (Wildman–Crippen MR) is 58.3 cm³/mol. The van der Waals surface area contributed by atoms with Gasteiger partial charge in [-0.2, -0.15) is 18.4 Å². The van der Waals surface area contributed by atoms with Crippen LogP contribution in [-0.4, -0.2) is 5.11 Å². The number of hydrogen-bond acceptors (Lipinski definition) is 2. The third-order valence-corrected chi connectivity index (χ3v) is 3.56. The number of halogens is 4. The molecular weight excluding hydrogens is 262 g/mol. The molecule has 1 atom stereocenters. The van der Waals surface area contributed by atoms with Gasteiger partial charge in [-0.05, 0) is 36.6 Å². The van der Waals surface area contributed by atoms with Crippen LogP contribution in [0.15, 0.2) is 18.2 Å². The topological polar surface area (TPSA) is 44.0 Å². The highest BCUT2D eigenvalue weighted by Gasteiger charge is 2.45. The number of rotatable bonds is 2. The minimum absolute atomic E-state index is 0.200. The number of nitriles is 1. The Kier molecular flexibility index (Phi) is 3.27. The Morgan fingerprint density at radius 2 is 1.89 bits per heavy atom. The number of alkyl halides is 3.